The van der Waals surface area contributed by atoms with Crippen molar-refractivity contribution in [2.45, 2.75) is 61.6 Å². The molecule has 2 aliphatic rings. The summed E-state index contributed by atoms with van der Waals surface area (Å²) >= 11 is -0.656. The maximum atomic E-state index is 2.55. The third-order valence-corrected chi connectivity index (χ3v) is 10.5. The average molecular weight is 493 g/mol. The zero-order valence-electron chi connectivity index (χ0n) is 14.4. The fourth-order valence-corrected chi connectivity index (χ4v) is 9.38. The maximum Gasteiger partial charge on any atom is -1.00 e. The van der Waals surface area contributed by atoms with E-state index in [1.165, 1.54) is 22.3 Å². The van der Waals surface area contributed by atoms with Crippen LogP contribution in [0.3, 0.4) is 0 Å². The molecule has 3 heteroatoms. The van der Waals surface area contributed by atoms with Gasteiger partial charge in [-0.15, -0.1) is 0 Å². The van der Waals surface area contributed by atoms with Gasteiger partial charge in [0.15, 0.2) is 0 Å². The predicted octanol–water partition coefficient (Wildman–Crippen LogP) is 0.0267. The first-order valence-electron chi connectivity index (χ1n) is 7.15. The van der Waals surface area contributed by atoms with Gasteiger partial charge in [0.2, 0.25) is 0 Å². The molecule has 0 radical (unpaired) electrons. The minimum absolute atomic E-state index is 0. The van der Waals surface area contributed by atoms with E-state index >= 15 is 0 Å². The number of halogens is 2. The van der Waals surface area contributed by atoms with Crippen LogP contribution in [0.2, 0.25) is 6.25 Å². The summed E-state index contributed by atoms with van der Waals surface area (Å²) in [5, 5.41) is 0. The van der Waals surface area contributed by atoms with E-state index in [0.717, 1.165) is 0 Å². The molecule has 0 aliphatic heterocycles. The maximum absolute atomic E-state index is 2.55. The molecule has 0 nitrogen and oxygen atoms in total. The van der Waals surface area contributed by atoms with Crippen molar-refractivity contribution in [2.24, 2.45) is 0 Å². The summed E-state index contributed by atoms with van der Waals surface area (Å²) in [6.07, 6.45) is 5.11. The molecule has 0 fully saturated rings. The summed E-state index contributed by atoms with van der Waals surface area (Å²) in [5.74, 6) is 0. The number of allylic oxidation sites excluding steroid dienone is 8. The van der Waals surface area contributed by atoms with Crippen LogP contribution >= 0.6 is 0 Å². The van der Waals surface area contributed by atoms with Gasteiger partial charge in [0.25, 0.3) is 0 Å². The summed E-state index contributed by atoms with van der Waals surface area (Å²) in [6, 6.07) is 0. The third kappa shape index (κ3) is 3.66. The SMILES string of the molecule is CC1=C[C](C)([Zr+2][C]2(C)C=C(C)C(C)=C2C)C(C)=C1C.[Br-].[Br-]. The Morgan fingerprint density at radius 2 is 0.952 bits per heavy atom. The molecular weight excluding hydrogens is 467 g/mol. The van der Waals surface area contributed by atoms with Crippen LogP contribution in [0.5, 0.6) is 0 Å². The third-order valence-electron chi connectivity index (χ3n) is 5.40. The summed E-state index contributed by atoms with van der Waals surface area (Å²) in [4.78, 5) is 0. The van der Waals surface area contributed by atoms with Crippen molar-refractivity contribution < 1.29 is 57.2 Å². The molecular formula is C18H26Br2Zr. The van der Waals surface area contributed by atoms with Gasteiger partial charge < -0.3 is 34.0 Å². The molecule has 2 atom stereocenters. The summed E-state index contributed by atoms with van der Waals surface area (Å²) in [7, 11) is 0. The normalized spacial score (nSPS) is 31.4. The summed E-state index contributed by atoms with van der Waals surface area (Å²) in [5.41, 5.74) is 9.32. The Hall–Kier alpha value is 0.803. The van der Waals surface area contributed by atoms with Gasteiger partial charge in [-0.05, 0) is 0 Å². The van der Waals surface area contributed by atoms with E-state index in [0.29, 0.717) is 6.25 Å². The van der Waals surface area contributed by atoms with E-state index in [9.17, 15) is 0 Å². The zero-order valence-corrected chi connectivity index (χ0v) is 20.0. The molecule has 0 amide bonds. The van der Waals surface area contributed by atoms with Gasteiger partial charge in [-0.3, -0.25) is 0 Å². The first-order chi connectivity index (χ1) is 8.61. The molecule has 0 N–H and O–H groups in total. The van der Waals surface area contributed by atoms with Crippen molar-refractivity contribution in [1.29, 1.82) is 0 Å². The van der Waals surface area contributed by atoms with Crippen molar-refractivity contribution in [3.05, 3.63) is 45.6 Å². The Morgan fingerprint density at radius 1 is 0.667 bits per heavy atom. The topological polar surface area (TPSA) is 0 Å². The van der Waals surface area contributed by atoms with Crippen molar-refractivity contribution in [1.82, 2.24) is 0 Å². The molecule has 2 aliphatic carbocycles. The van der Waals surface area contributed by atoms with Gasteiger partial charge in [0.05, 0.1) is 0 Å². The van der Waals surface area contributed by atoms with Crippen LogP contribution in [-0.4, -0.2) is 0 Å². The average Bonchev–Trinajstić information content (AvgIpc) is 2.61. The quantitative estimate of drug-likeness (QED) is 0.510. The van der Waals surface area contributed by atoms with Crippen LogP contribution in [0.25, 0.3) is 0 Å². The Kier molecular flexibility index (Phi) is 7.41. The van der Waals surface area contributed by atoms with E-state index in [4.69, 9.17) is 0 Å². The molecule has 0 saturated carbocycles. The van der Waals surface area contributed by atoms with Crippen molar-refractivity contribution in [3.8, 4) is 0 Å². The standard InChI is InChI=1S/2C9H13.2BrH.Zr/c2*1-6-5-7(2)9(4)8(6)3;;;/h2*5H,1-4H3;2*1H;/q;;;;+2/p-2. The van der Waals surface area contributed by atoms with E-state index in [-0.39, 0.29) is 34.0 Å². The minimum atomic E-state index is -0.656. The van der Waals surface area contributed by atoms with Gasteiger partial charge in [-0.2, -0.15) is 0 Å². The molecule has 0 heterocycles. The molecule has 2 unspecified atom stereocenters. The number of rotatable bonds is 2. The first-order valence-corrected chi connectivity index (χ1v) is 9.61. The van der Waals surface area contributed by atoms with Crippen LogP contribution in [-0.2, 0) is 23.2 Å². The Bertz CT molecular complexity index is 516. The molecule has 0 aromatic rings. The second kappa shape index (κ2) is 7.14. The van der Waals surface area contributed by atoms with Gasteiger partial charge in [0.1, 0.15) is 0 Å². The molecule has 116 valence electrons. The van der Waals surface area contributed by atoms with Crippen LogP contribution in [0, 0.1) is 0 Å². The van der Waals surface area contributed by atoms with Crippen LogP contribution in [0.1, 0.15) is 55.4 Å². The van der Waals surface area contributed by atoms with E-state index in [2.05, 4.69) is 67.5 Å². The van der Waals surface area contributed by atoms with E-state index in [1.807, 2.05) is 0 Å². The fraction of sp³-hybridized carbons (Fsp3) is 0.556. The Balaban J connectivity index is 0.00000200. The Morgan fingerprint density at radius 3 is 1.14 bits per heavy atom. The van der Waals surface area contributed by atoms with Crippen molar-refractivity contribution >= 4 is 0 Å². The van der Waals surface area contributed by atoms with E-state index in [1.54, 1.807) is 11.1 Å². The van der Waals surface area contributed by atoms with Crippen molar-refractivity contribution in [2.75, 3.05) is 0 Å². The van der Waals surface area contributed by atoms with Gasteiger partial charge >= 0.3 is 130 Å². The molecule has 0 spiro atoms. The van der Waals surface area contributed by atoms with Gasteiger partial charge in [-0.25, -0.2) is 0 Å². The first kappa shape index (κ1) is 21.8. The van der Waals surface area contributed by atoms with Crippen LogP contribution in [0.15, 0.2) is 45.6 Å². The Labute approximate surface area is 163 Å². The number of hydrogen-bond acceptors (Lipinski definition) is 0. The molecule has 2 rings (SSSR count). The molecule has 0 saturated heterocycles. The van der Waals surface area contributed by atoms with Crippen LogP contribution in [0.4, 0.5) is 0 Å². The fourth-order valence-electron chi connectivity index (χ4n) is 3.47. The van der Waals surface area contributed by atoms with Crippen molar-refractivity contribution in [3.63, 3.8) is 0 Å². The second-order valence-electron chi connectivity index (χ2n) is 6.68. The second-order valence-corrected chi connectivity index (χ2v) is 12.4. The smallest absolute Gasteiger partial charge is 1.00 e. The summed E-state index contributed by atoms with van der Waals surface area (Å²) < 4.78 is 0.768. The summed E-state index contributed by atoms with van der Waals surface area (Å²) in [6.45, 7) is 18.8. The molecule has 0 bridgehead atoms. The number of hydrogen-bond donors (Lipinski definition) is 0. The van der Waals surface area contributed by atoms with E-state index < -0.39 is 23.2 Å². The largest absolute Gasteiger partial charge is 1.00 e. The molecule has 21 heavy (non-hydrogen) atoms. The zero-order chi connectivity index (χ0) is 14.6. The van der Waals surface area contributed by atoms with Gasteiger partial charge in [0, 0.05) is 0 Å². The van der Waals surface area contributed by atoms with Gasteiger partial charge in [-0.1, -0.05) is 0 Å². The minimum Gasteiger partial charge on any atom is -1.00 e. The monoisotopic (exact) mass is 490 g/mol. The molecule has 0 aromatic carbocycles. The van der Waals surface area contributed by atoms with Crippen LogP contribution < -0.4 is 34.0 Å². The molecule has 0 aromatic heterocycles. The predicted molar refractivity (Wildman–Crippen MR) is 81.0 cm³/mol.